The molecule has 0 aliphatic carbocycles. The Bertz CT molecular complexity index is 516. The molecule has 0 amide bonds. The first-order valence-corrected chi connectivity index (χ1v) is 5.01. The lowest BCUT2D eigenvalue weighted by molar-refractivity contribution is 0.0696. The van der Waals surface area contributed by atoms with Crippen molar-refractivity contribution in [3.63, 3.8) is 0 Å². The number of carbonyl (C=O) groups is 1. The summed E-state index contributed by atoms with van der Waals surface area (Å²) in [6.45, 7) is 3.72. The summed E-state index contributed by atoms with van der Waals surface area (Å²) in [4.78, 5) is 15.2. The lowest BCUT2D eigenvalue weighted by Crippen LogP contribution is -1.99. The smallest absolute Gasteiger partial charge is 0.336 e. The van der Waals surface area contributed by atoms with E-state index in [9.17, 15) is 4.79 Å². The molecule has 0 spiro atoms. The third-order valence-corrected chi connectivity index (χ3v) is 3.09. The van der Waals surface area contributed by atoms with Gasteiger partial charge in [-0.15, -0.1) is 11.3 Å². The second kappa shape index (κ2) is 3.06. The largest absolute Gasteiger partial charge is 0.478 e. The van der Waals surface area contributed by atoms with Crippen molar-refractivity contribution in [1.29, 1.82) is 0 Å². The molecule has 0 aliphatic heterocycles. The van der Waals surface area contributed by atoms with Crippen molar-refractivity contribution in [2.45, 2.75) is 13.8 Å². The van der Waals surface area contributed by atoms with Crippen LogP contribution in [0.15, 0.2) is 12.1 Å². The lowest BCUT2D eigenvalue weighted by Gasteiger charge is -1.99. The Kier molecular flexibility index (Phi) is 2.00. The molecule has 0 saturated heterocycles. The van der Waals surface area contributed by atoms with Gasteiger partial charge in [0.25, 0.3) is 0 Å². The molecule has 72 valence electrons. The quantitative estimate of drug-likeness (QED) is 0.782. The van der Waals surface area contributed by atoms with Crippen molar-refractivity contribution in [2.24, 2.45) is 0 Å². The first kappa shape index (κ1) is 9.15. The summed E-state index contributed by atoms with van der Waals surface area (Å²) in [5.41, 5.74) is 1.90. The van der Waals surface area contributed by atoms with E-state index in [0.29, 0.717) is 5.56 Å². The highest BCUT2D eigenvalue weighted by Crippen LogP contribution is 2.26. The molecule has 0 aliphatic rings. The number of hydrogen-bond donors (Lipinski definition) is 1. The number of carboxylic acids is 1. The SMILES string of the molecule is Cc1nc2c(C)c(C(=O)O)ccc2s1. The molecule has 0 radical (unpaired) electrons. The highest BCUT2D eigenvalue weighted by molar-refractivity contribution is 7.18. The van der Waals surface area contributed by atoms with Crippen molar-refractivity contribution in [2.75, 3.05) is 0 Å². The van der Waals surface area contributed by atoms with Gasteiger partial charge in [-0.25, -0.2) is 9.78 Å². The summed E-state index contributed by atoms with van der Waals surface area (Å²) < 4.78 is 1.05. The van der Waals surface area contributed by atoms with Gasteiger partial charge in [-0.05, 0) is 31.5 Å². The summed E-state index contributed by atoms with van der Waals surface area (Å²) in [7, 11) is 0. The minimum absolute atomic E-state index is 0.336. The van der Waals surface area contributed by atoms with Gasteiger partial charge in [0.05, 0.1) is 20.8 Å². The predicted octanol–water partition coefficient (Wildman–Crippen LogP) is 2.61. The number of hydrogen-bond acceptors (Lipinski definition) is 3. The monoisotopic (exact) mass is 207 g/mol. The fraction of sp³-hybridized carbons (Fsp3) is 0.200. The molecule has 1 aromatic heterocycles. The molecular formula is C10H9NO2S. The number of aromatic carboxylic acids is 1. The fourth-order valence-corrected chi connectivity index (χ4v) is 2.35. The molecule has 14 heavy (non-hydrogen) atoms. The summed E-state index contributed by atoms with van der Waals surface area (Å²) in [5.74, 6) is -0.893. The number of carboxylic acid groups (broad SMARTS) is 1. The number of rotatable bonds is 1. The Morgan fingerprint density at radius 2 is 2.14 bits per heavy atom. The van der Waals surface area contributed by atoms with Crippen molar-refractivity contribution in [3.8, 4) is 0 Å². The van der Waals surface area contributed by atoms with Crippen LogP contribution in [0.1, 0.15) is 20.9 Å². The number of fused-ring (bicyclic) bond motifs is 1. The second-order valence-corrected chi connectivity index (χ2v) is 4.36. The van der Waals surface area contributed by atoms with Crippen LogP contribution in [0.25, 0.3) is 10.2 Å². The molecule has 1 aromatic carbocycles. The van der Waals surface area contributed by atoms with Crippen LogP contribution < -0.4 is 0 Å². The molecular weight excluding hydrogens is 198 g/mol. The van der Waals surface area contributed by atoms with Gasteiger partial charge in [0.15, 0.2) is 0 Å². The van der Waals surface area contributed by atoms with E-state index in [2.05, 4.69) is 4.98 Å². The number of benzene rings is 1. The maximum Gasteiger partial charge on any atom is 0.336 e. The Balaban J connectivity index is 2.80. The van der Waals surface area contributed by atoms with E-state index in [-0.39, 0.29) is 0 Å². The molecule has 0 fully saturated rings. The van der Waals surface area contributed by atoms with Gasteiger partial charge in [-0.2, -0.15) is 0 Å². The minimum Gasteiger partial charge on any atom is -0.478 e. The Morgan fingerprint density at radius 1 is 1.43 bits per heavy atom. The zero-order chi connectivity index (χ0) is 10.3. The molecule has 0 atom stereocenters. The van der Waals surface area contributed by atoms with Crippen LogP contribution in [0.4, 0.5) is 0 Å². The third-order valence-electron chi connectivity index (χ3n) is 2.15. The van der Waals surface area contributed by atoms with Crippen LogP contribution in [0.5, 0.6) is 0 Å². The van der Waals surface area contributed by atoms with Crippen LogP contribution in [0.3, 0.4) is 0 Å². The van der Waals surface area contributed by atoms with Crippen molar-refractivity contribution < 1.29 is 9.90 Å². The van der Waals surface area contributed by atoms with E-state index >= 15 is 0 Å². The van der Waals surface area contributed by atoms with E-state index in [1.165, 1.54) is 0 Å². The zero-order valence-corrected chi connectivity index (χ0v) is 8.68. The lowest BCUT2D eigenvalue weighted by atomic mass is 10.1. The normalized spacial score (nSPS) is 10.7. The first-order chi connectivity index (χ1) is 6.59. The van der Waals surface area contributed by atoms with E-state index in [1.807, 2.05) is 13.0 Å². The molecule has 0 bridgehead atoms. The van der Waals surface area contributed by atoms with Crippen molar-refractivity contribution >= 4 is 27.5 Å². The standard InChI is InChI=1S/C10H9NO2S/c1-5-7(10(12)13)3-4-8-9(5)11-6(2)14-8/h3-4H,1-2H3,(H,12,13). The van der Waals surface area contributed by atoms with Crippen LogP contribution in [-0.2, 0) is 0 Å². The van der Waals surface area contributed by atoms with E-state index in [0.717, 1.165) is 20.8 Å². The molecule has 3 nitrogen and oxygen atoms in total. The Hall–Kier alpha value is -1.42. The van der Waals surface area contributed by atoms with Crippen LogP contribution in [-0.4, -0.2) is 16.1 Å². The second-order valence-electron chi connectivity index (χ2n) is 3.12. The van der Waals surface area contributed by atoms with Gasteiger partial charge < -0.3 is 5.11 Å². The minimum atomic E-state index is -0.893. The van der Waals surface area contributed by atoms with Crippen LogP contribution >= 0.6 is 11.3 Å². The highest BCUT2D eigenvalue weighted by atomic mass is 32.1. The summed E-state index contributed by atoms with van der Waals surface area (Å²) in [5, 5.41) is 9.87. The van der Waals surface area contributed by atoms with Gasteiger partial charge in [-0.1, -0.05) is 0 Å². The molecule has 0 unspecified atom stereocenters. The summed E-state index contributed by atoms with van der Waals surface area (Å²) in [6.07, 6.45) is 0. The molecule has 1 N–H and O–H groups in total. The fourth-order valence-electron chi connectivity index (χ4n) is 1.47. The molecule has 1 heterocycles. The topological polar surface area (TPSA) is 50.2 Å². The molecule has 0 saturated carbocycles. The number of aryl methyl sites for hydroxylation is 2. The van der Waals surface area contributed by atoms with Crippen LogP contribution in [0, 0.1) is 13.8 Å². The first-order valence-electron chi connectivity index (χ1n) is 4.19. The summed E-state index contributed by atoms with van der Waals surface area (Å²) in [6, 6.07) is 3.45. The third kappa shape index (κ3) is 1.28. The predicted molar refractivity (Wildman–Crippen MR) is 56.1 cm³/mol. The maximum absolute atomic E-state index is 10.8. The average Bonchev–Trinajstić information content (AvgIpc) is 2.46. The van der Waals surface area contributed by atoms with E-state index in [1.54, 1.807) is 24.3 Å². The van der Waals surface area contributed by atoms with Crippen LogP contribution in [0.2, 0.25) is 0 Å². The van der Waals surface area contributed by atoms with Gasteiger partial charge in [0.2, 0.25) is 0 Å². The zero-order valence-electron chi connectivity index (χ0n) is 7.87. The van der Waals surface area contributed by atoms with Gasteiger partial charge in [-0.3, -0.25) is 0 Å². The Morgan fingerprint density at radius 3 is 2.79 bits per heavy atom. The van der Waals surface area contributed by atoms with Gasteiger partial charge in [0, 0.05) is 0 Å². The molecule has 2 rings (SSSR count). The molecule has 4 heteroatoms. The van der Waals surface area contributed by atoms with Crippen molar-refractivity contribution in [1.82, 2.24) is 4.98 Å². The van der Waals surface area contributed by atoms with Gasteiger partial charge in [0.1, 0.15) is 0 Å². The number of aromatic nitrogens is 1. The number of nitrogens with zero attached hydrogens (tertiary/aromatic N) is 1. The number of thiazole rings is 1. The maximum atomic E-state index is 10.8. The Labute approximate surface area is 85.0 Å². The highest BCUT2D eigenvalue weighted by Gasteiger charge is 2.11. The average molecular weight is 207 g/mol. The summed E-state index contributed by atoms with van der Waals surface area (Å²) >= 11 is 1.58. The van der Waals surface area contributed by atoms with Crippen molar-refractivity contribution in [3.05, 3.63) is 28.3 Å². The van der Waals surface area contributed by atoms with E-state index in [4.69, 9.17) is 5.11 Å². The van der Waals surface area contributed by atoms with Gasteiger partial charge >= 0.3 is 5.97 Å². The van der Waals surface area contributed by atoms with E-state index < -0.39 is 5.97 Å². The molecule has 2 aromatic rings.